The first-order valence-electron chi connectivity index (χ1n) is 5.69. The van der Waals surface area contributed by atoms with Gasteiger partial charge in [0.15, 0.2) is 10.9 Å². The second-order valence-corrected chi connectivity index (χ2v) is 5.13. The van der Waals surface area contributed by atoms with Gasteiger partial charge in [-0.05, 0) is 18.2 Å². The number of anilines is 2. The van der Waals surface area contributed by atoms with E-state index in [9.17, 15) is 8.78 Å². The molecule has 2 nitrogen and oxygen atoms in total. The molecule has 0 aliphatic heterocycles. The van der Waals surface area contributed by atoms with E-state index in [4.69, 9.17) is 0 Å². The normalized spacial score (nSPS) is 10.9. The first-order valence-corrected chi connectivity index (χ1v) is 6.51. The van der Waals surface area contributed by atoms with Crippen LogP contribution in [0, 0.1) is 11.6 Å². The summed E-state index contributed by atoms with van der Waals surface area (Å²) in [6.07, 6.45) is 0. The molecule has 96 valence electrons. The van der Waals surface area contributed by atoms with E-state index in [2.05, 4.69) is 4.98 Å². The Labute approximate surface area is 112 Å². The van der Waals surface area contributed by atoms with Gasteiger partial charge in [-0.15, -0.1) is 0 Å². The number of nitrogens with zero attached hydrogens (tertiary/aromatic N) is 2. The van der Waals surface area contributed by atoms with E-state index in [1.165, 1.54) is 17.4 Å². The third kappa shape index (κ3) is 2.17. The zero-order chi connectivity index (χ0) is 13.4. The van der Waals surface area contributed by atoms with Gasteiger partial charge in [-0.2, -0.15) is 0 Å². The summed E-state index contributed by atoms with van der Waals surface area (Å²) in [7, 11) is 1.85. The summed E-state index contributed by atoms with van der Waals surface area (Å²) in [5.41, 5.74) is 1.16. The van der Waals surface area contributed by atoms with E-state index < -0.39 is 11.6 Å². The lowest BCUT2D eigenvalue weighted by Gasteiger charge is -2.15. The lowest BCUT2D eigenvalue weighted by molar-refractivity contribution is 0.591. The quantitative estimate of drug-likeness (QED) is 0.692. The van der Waals surface area contributed by atoms with Gasteiger partial charge in [-0.25, -0.2) is 13.8 Å². The van der Waals surface area contributed by atoms with Crippen LogP contribution in [0.15, 0.2) is 42.5 Å². The zero-order valence-electron chi connectivity index (χ0n) is 10.1. The molecular formula is C14H10F2N2S. The largest absolute Gasteiger partial charge is 0.321 e. The molecule has 0 amide bonds. The first-order chi connectivity index (χ1) is 9.15. The topological polar surface area (TPSA) is 16.1 Å². The van der Waals surface area contributed by atoms with Crippen molar-refractivity contribution >= 4 is 32.4 Å². The van der Waals surface area contributed by atoms with Gasteiger partial charge in [-0.3, -0.25) is 0 Å². The Morgan fingerprint density at radius 3 is 2.58 bits per heavy atom. The van der Waals surface area contributed by atoms with Gasteiger partial charge in [0, 0.05) is 18.8 Å². The number of halogens is 2. The second-order valence-electron chi connectivity index (χ2n) is 4.13. The number of aromatic nitrogens is 1. The lowest BCUT2D eigenvalue weighted by Crippen LogP contribution is -2.08. The van der Waals surface area contributed by atoms with Crippen molar-refractivity contribution in [2.45, 2.75) is 0 Å². The Hall–Kier alpha value is -2.01. The zero-order valence-corrected chi connectivity index (χ0v) is 10.9. The van der Waals surface area contributed by atoms with Crippen LogP contribution in [0.4, 0.5) is 19.6 Å². The van der Waals surface area contributed by atoms with E-state index in [0.29, 0.717) is 9.83 Å². The molecule has 0 aliphatic carbocycles. The molecule has 0 atom stereocenters. The van der Waals surface area contributed by atoms with Crippen molar-refractivity contribution in [2.75, 3.05) is 11.9 Å². The van der Waals surface area contributed by atoms with Gasteiger partial charge in [0.1, 0.15) is 11.3 Å². The number of thiazole rings is 1. The molecule has 0 bridgehead atoms. The highest BCUT2D eigenvalue weighted by atomic mass is 32.1. The molecule has 0 spiro atoms. The predicted octanol–water partition coefficient (Wildman–Crippen LogP) is 4.34. The van der Waals surface area contributed by atoms with E-state index in [1.54, 1.807) is 0 Å². The molecule has 0 saturated heterocycles. The van der Waals surface area contributed by atoms with Gasteiger partial charge in [-0.1, -0.05) is 29.5 Å². The molecule has 3 rings (SSSR count). The number of hydrogen-bond acceptors (Lipinski definition) is 3. The van der Waals surface area contributed by atoms with Crippen LogP contribution in [0.5, 0.6) is 0 Å². The third-order valence-corrected chi connectivity index (χ3v) is 3.91. The number of rotatable bonds is 2. The minimum absolute atomic E-state index is 0.212. The minimum atomic E-state index is -0.626. The van der Waals surface area contributed by atoms with Crippen LogP contribution in [-0.4, -0.2) is 12.0 Å². The number of para-hydroxylation sites is 1. The molecule has 3 aromatic rings. The van der Waals surface area contributed by atoms with Crippen molar-refractivity contribution in [1.29, 1.82) is 0 Å². The Kier molecular flexibility index (Phi) is 2.91. The van der Waals surface area contributed by atoms with Crippen LogP contribution in [0.1, 0.15) is 0 Å². The van der Waals surface area contributed by atoms with Crippen LogP contribution in [0.25, 0.3) is 10.2 Å². The number of hydrogen-bond donors (Lipinski definition) is 0. The second kappa shape index (κ2) is 4.59. The van der Waals surface area contributed by atoms with Crippen molar-refractivity contribution in [3.05, 3.63) is 54.1 Å². The van der Waals surface area contributed by atoms with Crippen LogP contribution in [-0.2, 0) is 0 Å². The molecule has 0 N–H and O–H groups in total. The van der Waals surface area contributed by atoms with Gasteiger partial charge < -0.3 is 4.90 Å². The summed E-state index contributed by atoms with van der Waals surface area (Å²) in [6, 6.07) is 11.8. The molecular weight excluding hydrogens is 266 g/mol. The first kappa shape index (κ1) is 12.0. The average Bonchev–Trinajstić information content (AvgIpc) is 2.83. The summed E-state index contributed by atoms with van der Waals surface area (Å²) >= 11 is 1.26. The molecule has 5 heteroatoms. The molecule has 0 aliphatic rings. The highest BCUT2D eigenvalue weighted by Gasteiger charge is 2.13. The molecule has 1 aromatic heterocycles. The highest BCUT2D eigenvalue weighted by Crippen LogP contribution is 2.33. The number of fused-ring (bicyclic) bond motifs is 1. The SMILES string of the molecule is CN(c1ccccc1)c1nc2c(F)cc(F)cc2s1. The standard InChI is InChI=1S/C14H10F2N2S/c1-18(10-5-3-2-4-6-10)14-17-13-11(16)7-9(15)8-12(13)19-14/h2-8H,1H3. The minimum Gasteiger partial charge on any atom is -0.321 e. The smallest absolute Gasteiger partial charge is 0.190 e. The van der Waals surface area contributed by atoms with Crippen molar-refractivity contribution < 1.29 is 8.78 Å². The van der Waals surface area contributed by atoms with Crippen molar-refractivity contribution in [1.82, 2.24) is 4.98 Å². The lowest BCUT2D eigenvalue weighted by atomic mass is 10.3. The van der Waals surface area contributed by atoms with E-state index in [0.717, 1.165) is 11.8 Å². The fourth-order valence-corrected chi connectivity index (χ4v) is 2.84. The van der Waals surface area contributed by atoms with Crippen molar-refractivity contribution in [3.8, 4) is 0 Å². The maximum absolute atomic E-state index is 13.6. The average molecular weight is 276 g/mol. The van der Waals surface area contributed by atoms with Crippen LogP contribution in [0.2, 0.25) is 0 Å². The summed E-state index contributed by atoms with van der Waals surface area (Å²) in [5, 5.41) is 0.630. The molecule has 0 saturated carbocycles. The molecule has 0 fully saturated rings. The summed E-state index contributed by atoms with van der Waals surface area (Å²) in [5.74, 6) is -1.21. The molecule has 0 radical (unpaired) electrons. The molecule has 19 heavy (non-hydrogen) atoms. The Morgan fingerprint density at radius 1 is 1.11 bits per heavy atom. The maximum atomic E-state index is 13.6. The fourth-order valence-electron chi connectivity index (χ4n) is 1.85. The summed E-state index contributed by atoms with van der Waals surface area (Å²) < 4.78 is 27.3. The molecule has 2 aromatic carbocycles. The van der Waals surface area contributed by atoms with E-state index in [-0.39, 0.29) is 5.52 Å². The third-order valence-electron chi connectivity index (χ3n) is 2.83. The Balaban J connectivity index is 2.09. The van der Waals surface area contributed by atoms with E-state index >= 15 is 0 Å². The van der Waals surface area contributed by atoms with Crippen molar-refractivity contribution in [2.24, 2.45) is 0 Å². The number of benzene rings is 2. The van der Waals surface area contributed by atoms with Crippen LogP contribution in [0.3, 0.4) is 0 Å². The van der Waals surface area contributed by atoms with Gasteiger partial charge in [0.25, 0.3) is 0 Å². The fraction of sp³-hybridized carbons (Fsp3) is 0.0714. The monoisotopic (exact) mass is 276 g/mol. The van der Waals surface area contributed by atoms with E-state index in [1.807, 2.05) is 42.3 Å². The van der Waals surface area contributed by atoms with Crippen molar-refractivity contribution in [3.63, 3.8) is 0 Å². The Bertz CT molecular complexity index is 725. The van der Waals surface area contributed by atoms with Gasteiger partial charge >= 0.3 is 0 Å². The van der Waals surface area contributed by atoms with Gasteiger partial charge in [0.05, 0.1) is 4.70 Å². The molecule has 0 unspecified atom stereocenters. The van der Waals surface area contributed by atoms with Crippen LogP contribution >= 0.6 is 11.3 Å². The molecule has 1 heterocycles. The van der Waals surface area contributed by atoms with Gasteiger partial charge in [0.2, 0.25) is 0 Å². The van der Waals surface area contributed by atoms with Crippen LogP contribution < -0.4 is 4.90 Å². The highest BCUT2D eigenvalue weighted by molar-refractivity contribution is 7.22. The maximum Gasteiger partial charge on any atom is 0.190 e. The summed E-state index contributed by atoms with van der Waals surface area (Å²) in [6.45, 7) is 0. The Morgan fingerprint density at radius 2 is 1.84 bits per heavy atom. The summed E-state index contributed by atoms with van der Waals surface area (Å²) in [4.78, 5) is 6.08. The predicted molar refractivity (Wildman–Crippen MR) is 74.0 cm³/mol.